The van der Waals surface area contributed by atoms with Crippen LogP contribution in [0.5, 0.6) is 11.5 Å². The molecule has 0 aromatic heterocycles. The molecule has 0 bridgehead atoms. The van der Waals surface area contributed by atoms with E-state index in [0.717, 1.165) is 50.8 Å². The van der Waals surface area contributed by atoms with Crippen LogP contribution in [0.4, 0.5) is 5.69 Å². The second-order valence-corrected chi connectivity index (χ2v) is 7.57. The van der Waals surface area contributed by atoms with E-state index >= 15 is 0 Å². The molecule has 0 spiro atoms. The Hall–Kier alpha value is -1.62. The number of hydrogen-bond donors (Lipinski definition) is 0. The van der Waals surface area contributed by atoms with E-state index in [4.69, 9.17) is 9.47 Å². The molecule has 6 heteroatoms. The minimum absolute atomic E-state index is 0. The van der Waals surface area contributed by atoms with Gasteiger partial charge in [0.2, 0.25) is 0 Å². The molecular weight excluding hydrogens is 407 g/mol. The molecule has 3 rings (SSSR count). The summed E-state index contributed by atoms with van der Waals surface area (Å²) < 4.78 is 11.4. The molecule has 1 saturated heterocycles. The highest BCUT2D eigenvalue weighted by atomic mass is 35.5. The molecule has 2 aromatic carbocycles. The van der Waals surface area contributed by atoms with Crippen molar-refractivity contribution >= 4 is 30.5 Å². The number of ether oxygens (including phenoxy) is 2. The lowest BCUT2D eigenvalue weighted by atomic mass is 10.0. The Kier molecular flexibility index (Phi) is 10.7. The van der Waals surface area contributed by atoms with E-state index in [0.29, 0.717) is 5.92 Å². The molecule has 1 aliphatic rings. The number of halogens is 2. The summed E-state index contributed by atoms with van der Waals surface area (Å²) in [6.45, 7) is 12.5. The van der Waals surface area contributed by atoms with E-state index in [1.165, 1.54) is 16.8 Å². The van der Waals surface area contributed by atoms with E-state index in [1.54, 1.807) is 7.11 Å². The molecule has 0 aliphatic carbocycles. The molecule has 162 valence electrons. The molecule has 0 unspecified atom stereocenters. The van der Waals surface area contributed by atoms with Crippen LogP contribution < -0.4 is 14.4 Å². The van der Waals surface area contributed by atoms with Gasteiger partial charge >= 0.3 is 0 Å². The van der Waals surface area contributed by atoms with Crippen molar-refractivity contribution in [1.29, 1.82) is 0 Å². The third kappa shape index (κ3) is 6.98. The molecule has 1 aliphatic heterocycles. The average molecular weight is 441 g/mol. The van der Waals surface area contributed by atoms with Crippen molar-refractivity contribution in [2.45, 2.75) is 26.7 Å². The minimum atomic E-state index is 0. The Bertz CT molecular complexity index is 730. The van der Waals surface area contributed by atoms with Crippen LogP contribution in [-0.4, -0.2) is 51.3 Å². The Morgan fingerprint density at radius 3 is 2.17 bits per heavy atom. The zero-order valence-electron chi connectivity index (χ0n) is 17.9. The Labute approximate surface area is 188 Å². The molecule has 0 N–H and O–H groups in total. The molecule has 0 saturated carbocycles. The van der Waals surface area contributed by atoms with Crippen molar-refractivity contribution < 1.29 is 9.47 Å². The van der Waals surface area contributed by atoms with Crippen molar-refractivity contribution in [3.8, 4) is 11.5 Å². The fraction of sp³-hybridized carbons (Fsp3) is 0.478. The first kappa shape index (κ1) is 25.4. The quantitative estimate of drug-likeness (QED) is 0.592. The topological polar surface area (TPSA) is 24.9 Å². The standard InChI is InChI=1S/C23H32N2O2.2ClH/c1-18(2)22-10-5-19(3)17-23(22)27-16-15-24-11-13-25(14-12-24)20-6-8-21(26-4)9-7-20;;/h5-10,17-18H,11-16H2,1-4H3;2*1H. The lowest BCUT2D eigenvalue weighted by Gasteiger charge is -2.36. The molecule has 2 aromatic rings. The van der Waals surface area contributed by atoms with Gasteiger partial charge in [-0.3, -0.25) is 4.90 Å². The van der Waals surface area contributed by atoms with Gasteiger partial charge < -0.3 is 14.4 Å². The Morgan fingerprint density at radius 2 is 1.59 bits per heavy atom. The van der Waals surface area contributed by atoms with Crippen LogP contribution in [0, 0.1) is 6.92 Å². The van der Waals surface area contributed by atoms with Crippen LogP contribution in [0.15, 0.2) is 42.5 Å². The fourth-order valence-corrected chi connectivity index (χ4v) is 3.55. The maximum Gasteiger partial charge on any atom is 0.123 e. The van der Waals surface area contributed by atoms with Gasteiger partial charge in [-0.1, -0.05) is 26.0 Å². The molecule has 0 radical (unpaired) electrons. The number of benzene rings is 2. The van der Waals surface area contributed by atoms with Gasteiger partial charge in [0.05, 0.1) is 7.11 Å². The van der Waals surface area contributed by atoms with Gasteiger partial charge in [0.25, 0.3) is 0 Å². The number of aryl methyl sites for hydroxylation is 1. The van der Waals surface area contributed by atoms with Crippen LogP contribution in [0.2, 0.25) is 0 Å². The van der Waals surface area contributed by atoms with E-state index in [1.807, 2.05) is 12.1 Å². The van der Waals surface area contributed by atoms with Gasteiger partial charge in [-0.2, -0.15) is 0 Å². The van der Waals surface area contributed by atoms with E-state index < -0.39 is 0 Å². The van der Waals surface area contributed by atoms with Gasteiger partial charge in [0, 0.05) is 38.4 Å². The monoisotopic (exact) mass is 440 g/mol. The molecule has 1 heterocycles. The van der Waals surface area contributed by atoms with Crippen LogP contribution >= 0.6 is 24.8 Å². The molecular formula is C23H34Cl2N2O2. The van der Waals surface area contributed by atoms with Crippen molar-refractivity contribution in [3.63, 3.8) is 0 Å². The highest BCUT2D eigenvalue weighted by molar-refractivity contribution is 5.85. The van der Waals surface area contributed by atoms with Crippen LogP contribution in [0.25, 0.3) is 0 Å². The first-order chi connectivity index (χ1) is 13.1. The summed E-state index contributed by atoms with van der Waals surface area (Å²) in [5, 5.41) is 0. The summed E-state index contributed by atoms with van der Waals surface area (Å²) in [6.07, 6.45) is 0. The van der Waals surface area contributed by atoms with Gasteiger partial charge in [-0.15, -0.1) is 24.8 Å². The highest BCUT2D eigenvalue weighted by Gasteiger charge is 2.17. The van der Waals surface area contributed by atoms with Crippen molar-refractivity contribution in [2.75, 3.05) is 51.3 Å². The molecule has 4 nitrogen and oxygen atoms in total. The predicted octanol–water partition coefficient (Wildman–Crippen LogP) is 5.17. The zero-order valence-corrected chi connectivity index (χ0v) is 19.5. The van der Waals surface area contributed by atoms with E-state index in [9.17, 15) is 0 Å². The maximum atomic E-state index is 6.15. The van der Waals surface area contributed by atoms with Crippen molar-refractivity contribution in [1.82, 2.24) is 4.90 Å². The van der Waals surface area contributed by atoms with Crippen molar-refractivity contribution in [3.05, 3.63) is 53.6 Å². The highest BCUT2D eigenvalue weighted by Crippen LogP contribution is 2.27. The summed E-state index contributed by atoms with van der Waals surface area (Å²) in [4.78, 5) is 4.93. The van der Waals surface area contributed by atoms with Crippen LogP contribution in [0.3, 0.4) is 0 Å². The second kappa shape index (κ2) is 12.2. The summed E-state index contributed by atoms with van der Waals surface area (Å²) >= 11 is 0. The average Bonchev–Trinajstić information content (AvgIpc) is 2.68. The normalized spacial score (nSPS) is 14.2. The number of hydrogen-bond acceptors (Lipinski definition) is 4. The van der Waals surface area contributed by atoms with Crippen molar-refractivity contribution in [2.24, 2.45) is 0 Å². The largest absolute Gasteiger partial charge is 0.497 e. The SMILES string of the molecule is COc1ccc(N2CCN(CCOc3cc(C)ccc3C(C)C)CC2)cc1.Cl.Cl. The zero-order chi connectivity index (χ0) is 19.2. The smallest absolute Gasteiger partial charge is 0.123 e. The fourth-order valence-electron chi connectivity index (χ4n) is 3.55. The molecule has 29 heavy (non-hydrogen) atoms. The van der Waals surface area contributed by atoms with Gasteiger partial charge in [-0.25, -0.2) is 0 Å². The number of anilines is 1. The number of rotatable bonds is 7. The summed E-state index contributed by atoms with van der Waals surface area (Å²) in [5.74, 6) is 2.43. The lowest BCUT2D eigenvalue weighted by molar-refractivity contribution is 0.199. The minimum Gasteiger partial charge on any atom is -0.497 e. The van der Waals surface area contributed by atoms with Gasteiger partial charge in [0.1, 0.15) is 18.1 Å². The van der Waals surface area contributed by atoms with Crippen LogP contribution in [-0.2, 0) is 0 Å². The van der Waals surface area contributed by atoms with Gasteiger partial charge in [-0.05, 0) is 54.3 Å². The third-order valence-electron chi connectivity index (χ3n) is 5.27. The first-order valence-electron chi connectivity index (χ1n) is 9.91. The van der Waals surface area contributed by atoms with E-state index in [2.05, 4.69) is 60.9 Å². The molecule has 1 fully saturated rings. The van der Waals surface area contributed by atoms with Crippen LogP contribution in [0.1, 0.15) is 30.9 Å². The van der Waals surface area contributed by atoms with E-state index in [-0.39, 0.29) is 24.8 Å². The molecule has 0 atom stereocenters. The Morgan fingerprint density at radius 1 is 0.931 bits per heavy atom. The number of nitrogens with zero attached hydrogens (tertiary/aromatic N) is 2. The Balaban J connectivity index is 0.00000210. The predicted molar refractivity (Wildman–Crippen MR) is 127 cm³/mol. The third-order valence-corrected chi connectivity index (χ3v) is 5.27. The second-order valence-electron chi connectivity index (χ2n) is 7.57. The number of methoxy groups -OCH3 is 1. The summed E-state index contributed by atoms with van der Waals surface area (Å²) in [7, 11) is 1.71. The molecule has 0 amide bonds. The first-order valence-corrected chi connectivity index (χ1v) is 9.91. The van der Waals surface area contributed by atoms with Gasteiger partial charge in [0.15, 0.2) is 0 Å². The summed E-state index contributed by atoms with van der Waals surface area (Å²) in [5.41, 5.74) is 3.82. The maximum absolute atomic E-state index is 6.15. The summed E-state index contributed by atoms with van der Waals surface area (Å²) in [6, 6.07) is 14.9. The lowest BCUT2D eigenvalue weighted by Crippen LogP contribution is -2.47. The number of piperazine rings is 1.